The molecule has 0 bridgehead atoms. The van der Waals surface area contributed by atoms with Crippen LogP contribution in [-0.2, 0) is 13.5 Å². The van der Waals surface area contributed by atoms with Gasteiger partial charge in [-0.3, -0.25) is 4.79 Å². The number of rotatable bonds is 6. The number of aromatic nitrogens is 3. The minimum atomic E-state index is -0.187. The molecular weight excluding hydrogens is 328 g/mol. The van der Waals surface area contributed by atoms with Gasteiger partial charge in [-0.1, -0.05) is 11.6 Å². The average Bonchev–Trinajstić information content (AvgIpc) is 3.21. The summed E-state index contributed by atoms with van der Waals surface area (Å²) >= 11 is 6.06. The van der Waals surface area contributed by atoms with Crippen molar-refractivity contribution < 1.29 is 9.53 Å². The minimum Gasteiger partial charge on any atom is -0.490 e. The van der Waals surface area contributed by atoms with E-state index in [9.17, 15) is 4.79 Å². The van der Waals surface area contributed by atoms with Gasteiger partial charge in [-0.25, -0.2) is 0 Å². The van der Waals surface area contributed by atoms with E-state index in [0.717, 1.165) is 18.7 Å². The summed E-state index contributed by atoms with van der Waals surface area (Å²) in [6, 6.07) is 5.18. The molecule has 1 N–H and O–H groups in total. The lowest BCUT2D eigenvalue weighted by molar-refractivity contribution is 0.0946. The Morgan fingerprint density at radius 3 is 2.92 bits per heavy atom. The first kappa shape index (κ1) is 16.8. The Balaban J connectivity index is 1.64. The van der Waals surface area contributed by atoms with Gasteiger partial charge in [0.1, 0.15) is 17.9 Å². The van der Waals surface area contributed by atoms with E-state index < -0.39 is 0 Å². The van der Waals surface area contributed by atoms with Crippen molar-refractivity contribution in [3.63, 3.8) is 0 Å². The second-order valence-corrected chi connectivity index (χ2v) is 6.47. The number of hydrogen-bond acceptors (Lipinski definition) is 4. The van der Waals surface area contributed by atoms with Crippen LogP contribution in [0.5, 0.6) is 5.75 Å². The lowest BCUT2D eigenvalue weighted by atomic mass is 10.1. The maximum absolute atomic E-state index is 12.5. The Morgan fingerprint density at radius 2 is 2.21 bits per heavy atom. The van der Waals surface area contributed by atoms with E-state index in [1.165, 1.54) is 12.8 Å². The van der Waals surface area contributed by atoms with Gasteiger partial charge in [0.25, 0.3) is 5.91 Å². The molecule has 0 spiro atoms. The van der Waals surface area contributed by atoms with E-state index in [-0.39, 0.29) is 12.0 Å². The van der Waals surface area contributed by atoms with Crippen LogP contribution in [0.3, 0.4) is 0 Å². The summed E-state index contributed by atoms with van der Waals surface area (Å²) in [4.78, 5) is 12.5. The van der Waals surface area contributed by atoms with Gasteiger partial charge in [0, 0.05) is 25.0 Å². The van der Waals surface area contributed by atoms with Crippen LogP contribution in [0.4, 0.5) is 0 Å². The van der Waals surface area contributed by atoms with Gasteiger partial charge in [0.15, 0.2) is 0 Å². The molecule has 1 aromatic heterocycles. The third kappa shape index (κ3) is 4.06. The lowest BCUT2D eigenvalue weighted by Gasteiger charge is -2.16. The third-order valence-corrected chi connectivity index (χ3v) is 4.46. The van der Waals surface area contributed by atoms with Gasteiger partial charge in [-0.05, 0) is 43.9 Å². The largest absolute Gasteiger partial charge is 0.490 e. The Morgan fingerprint density at radius 1 is 1.42 bits per heavy atom. The monoisotopic (exact) mass is 348 g/mol. The molecule has 1 saturated carbocycles. The molecule has 1 fully saturated rings. The number of halogens is 1. The lowest BCUT2D eigenvalue weighted by Crippen LogP contribution is -2.27. The predicted octanol–water partition coefficient (Wildman–Crippen LogP) is 2.76. The van der Waals surface area contributed by atoms with Crippen LogP contribution in [0.1, 0.15) is 41.9 Å². The standard InChI is InChI=1S/C17H21ClN4O2/c1-22-11-20-21-16(22)8-9-19-17(23)14-10-12(18)6-7-15(14)24-13-4-2-3-5-13/h6-7,10-11,13H,2-5,8-9H2,1H3,(H,19,23). The van der Waals surface area contributed by atoms with Crippen LogP contribution in [0, 0.1) is 0 Å². The van der Waals surface area contributed by atoms with Crippen LogP contribution < -0.4 is 10.1 Å². The number of nitrogens with zero attached hydrogens (tertiary/aromatic N) is 3. The molecule has 1 amide bonds. The van der Waals surface area contributed by atoms with Gasteiger partial charge in [-0.15, -0.1) is 10.2 Å². The van der Waals surface area contributed by atoms with Crippen LogP contribution in [0.2, 0.25) is 5.02 Å². The van der Waals surface area contributed by atoms with E-state index in [2.05, 4.69) is 15.5 Å². The number of carbonyl (C=O) groups is 1. The van der Waals surface area contributed by atoms with Gasteiger partial charge >= 0.3 is 0 Å². The predicted molar refractivity (Wildman–Crippen MR) is 91.4 cm³/mol. The summed E-state index contributed by atoms with van der Waals surface area (Å²) in [5.41, 5.74) is 0.479. The minimum absolute atomic E-state index is 0.187. The van der Waals surface area contributed by atoms with Crippen molar-refractivity contribution in [2.45, 2.75) is 38.2 Å². The molecule has 0 saturated heterocycles. The number of carbonyl (C=O) groups excluding carboxylic acids is 1. The fraction of sp³-hybridized carbons (Fsp3) is 0.471. The van der Waals surface area contributed by atoms with Crippen LogP contribution >= 0.6 is 11.6 Å². The third-order valence-electron chi connectivity index (χ3n) is 4.22. The molecule has 1 heterocycles. The summed E-state index contributed by atoms with van der Waals surface area (Å²) < 4.78 is 7.84. The highest BCUT2D eigenvalue weighted by molar-refractivity contribution is 6.31. The van der Waals surface area contributed by atoms with Gasteiger partial charge in [0.05, 0.1) is 11.7 Å². The van der Waals surface area contributed by atoms with Crippen molar-refractivity contribution in [3.8, 4) is 5.75 Å². The molecule has 1 aliphatic rings. The summed E-state index contributed by atoms with van der Waals surface area (Å²) in [5.74, 6) is 1.24. The number of aryl methyl sites for hydroxylation is 1. The molecule has 6 nitrogen and oxygen atoms in total. The molecule has 0 atom stereocenters. The zero-order valence-electron chi connectivity index (χ0n) is 13.7. The average molecular weight is 349 g/mol. The number of nitrogens with one attached hydrogen (secondary N) is 1. The maximum Gasteiger partial charge on any atom is 0.255 e. The van der Waals surface area contributed by atoms with Gasteiger partial charge < -0.3 is 14.6 Å². The molecule has 1 aromatic carbocycles. The first-order valence-corrected chi connectivity index (χ1v) is 8.58. The fourth-order valence-corrected chi connectivity index (χ4v) is 3.06. The summed E-state index contributed by atoms with van der Waals surface area (Å²) in [5, 5.41) is 11.2. The van der Waals surface area contributed by atoms with Gasteiger partial charge in [-0.2, -0.15) is 0 Å². The van der Waals surface area contributed by atoms with Crippen molar-refractivity contribution in [2.75, 3.05) is 6.54 Å². The SMILES string of the molecule is Cn1cnnc1CCNC(=O)c1cc(Cl)ccc1OC1CCCC1. The normalized spacial score (nSPS) is 14.8. The fourth-order valence-electron chi connectivity index (χ4n) is 2.88. The molecule has 0 aliphatic heterocycles. The van der Waals surface area contributed by atoms with Crippen molar-refractivity contribution in [3.05, 3.63) is 40.9 Å². The molecule has 128 valence electrons. The highest BCUT2D eigenvalue weighted by atomic mass is 35.5. The highest BCUT2D eigenvalue weighted by Gasteiger charge is 2.20. The Kier molecular flexibility index (Phi) is 5.35. The number of hydrogen-bond donors (Lipinski definition) is 1. The van der Waals surface area contributed by atoms with Crippen LogP contribution in [0.15, 0.2) is 24.5 Å². The van der Waals surface area contributed by atoms with E-state index in [0.29, 0.717) is 29.3 Å². The quantitative estimate of drug-likeness (QED) is 0.871. The van der Waals surface area contributed by atoms with E-state index in [1.54, 1.807) is 24.5 Å². The summed E-state index contributed by atoms with van der Waals surface area (Å²) in [6.45, 7) is 0.473. The molecule has 3 rings (SSSR count). The molecule has 2 aromatic rings. The van der Waals surface area contributed by atoms with Crippen LogP contribution in [0.25, 0.3) is 0 Å². The molecule has 24 heavy (non-hydrogen) atoms. The molecule has 1 aliphatic carbocycles. The molecule has 0 radical (unpaired) electrons. The van der Waals surface area contributed by atoms with Crippen molar-refractivity contribution in [2.24, 2.45) is 7.05 Å². The topological polar surface area (TPSA) is 69.0 Å². The first-order chi connectivity index (χ1) is 11.6. The van der Waals surface area contributed by atoms with Crippen molar-refractivity contribution in [1.82, 2.24) is 20.1 Å². The first-order valence-electron chi connectivity index (χ1n) is 8.21. The maximum atomic E-state index is 12.5. The zero-order valence-corrected chi connectivity index (χ0v) is 14.4. The molecule has 0 unspecified atom stereocenters. The molecular formula is C17H21ClN4O2. The van der Waals surface area contributed by atoms with E-state index in [1.807, 2.05) is 11.6 Å². The second-order valence-electron chi connectivity index (χ2n) is 6.03. The summed E-state index contributed by atoms with van der Waals surface area (Å²) in [6.07, 6.45) is 6.88. The molecule has 7 heteroatoms. The smallest absolute Gasteiger partial charge is 0.255 e. The zero-order chi connectivity index (χ0) is 16.9. The van der Waals surface area contributed by atoms with Crippen molar-refractivity contribution >= 4 is 17.5 Å². The van der Waals surface area contributed by atoms with E-state index >= 15 is 0 Å². The number of amides is 1. The number of ether oxygens (including phenoxy) is 1. The Labute approximate surface area is 146 Å². The van der Waals surface area contributed by atoms with Crippen LogP contribution in [-0.4, -0.2) is 33.3 Å². The van der Waals surface area contributed by atoms with Crippen molar-refractivity contribution in [1.29, 1.82) is 0 Å². The summed E-state index contributed by atoms with van der Waals surface area (Å²) in [7, 11) is 1.88. The Hall–Kier alpha value is -2.08. The van der Waals surface area contributed by atoms with Gasteiger partial charge in [0.2, 0.25) is 0 Å². The Bertz CT molecular complexity index is 710. The number of benzene rings is 1. The second kappa shape index (κ2) is 7.66. The highest BCUT2D eigenvalue weighted by Crippen LogP contribution is 2.28. The van der Waals surface area contributed by atoms with E-state index in [4.69, 9.17) is 16.3 Å².